The zero-order valence-electron chi connectivity index (χ0n) is 8.72. The average Bonchev–Trinajstić information content (AvgIpc) is 2.66. The summed E-state index contributed by atoms with van der Waals surface area (Å²) in [4.78, 5) is 0. The Morgan fingerprint density at radius 2 is 2.21 bits per heavy atom. The summed E-state index contributed by atoms with van der Waals surface area (Å²) in [6.07, 6.45) is 3.92. The van der Waals surface area contributed by atoms with Crippen LogP contribution in [0.3, 0.4) is 0 Å². The predicted molar refractivity (Wildman–Crippen MR) is 58.4 cm³/mol. The predicted octanol–water partition coefficient (Wildman–Crippen LogP) is 2.60. The van der Waals surface area contributed by atoms with Gasteiger partial charge in [0, 0.05) is 18.5 Å². The van der Waals surface area contributed by atoms with Crippen molar-refractivity contribution in [1.82, 2.24) is 5.32 Å². The largest absolute Gasteiger partial charge is 0.309 e. The van der Waals surface area contributed by atoms with Gasteiger partial charge in [-0.05, 0) is 36.0 Å². The van der Waals surface area contributed by atoms with E-state index < -0.39 is 0 Å². The number of hydrogen-bond acceptors (Lipinski definition) is 1. The molecule has 0 amide bonds. The Morgan fingerprint density at radius 1 is 1.36 bits per heavy atom. The second-order valence-electron chi connectivity index (χ2n) is 4.53. The fourth-order valence-electron chi connectivity index (χ4n) is 3.18. The Kier molecular flexibility index (Phi) is 1.88. The summed E-state index contributed by atoms with van der Waals surface area (Å²) in [6.45, 7) is 3.38. The minimum absolute atomic E-state index is 0.728. The molecule has 0 fully saturated rings. The number of benzene rings is 1. The first-order valence-corrected chi connectivity index (χ1v) is 5.74. The maximum absolute atomic E-state index is 3.66. The fourth-order valence-corrected chi connectivity index (χ4v) is 3.18. The average molecular weight is 187 g/mol. The molecule has 0 saturated heterocycles. The third kappa shape index (κ3) is 1.05. The molecule has 1 heterocycles. The summed E-state index contributed by atoms with van der Waals surface area (Å²) >= 11 is 0. The molecule has 2 unspecified atom stereocenters. The number of hydrogen-bond donors (Lipinski definition) is 1. The van der Waals surface area contributed by atoms with E-state index >= 15 is 0 Å². The molecule has 0 bridgehead atoms. The Labute approximate surface area is 85.5 Å². The van der Waals surface area contributed by atoms with Crippen molar-refractivity contribution in [3.8, 4) is 0 Å². The summed E-state index contributed by atoms with van der Waals surface area (Å²) < 4.78 is 0. The van der Waals surface area contributed by atoms with Crippen LogP contribution in [0.1, 0.15) is 42.4 Å². The second-order valence-corrected chi connectivity index (χ2v) is 4.53. The van der Waals surface area contributed by atoms with Crippen LogP contribution in [-0.4, -0.2) is 6.04 Å². The normalized spacial score (nSPS) is 28.9. The van der Waals surface area contributed by atoms with Crippen molar-refractivity contribution in [2.75, 3.05) is 0 Å². The summed E-state index contributed by atoms with van der Waals surface area (Å²) in [5, 5.41) is 3.66. The lowest BCUT2D eigenvalue weighted by Gasteiger charge is -2.31. The minimum Gasteiger partial charge on any atom is -0.309 e. The summed E-state index contributed by atoms with van der Waals surface area (Å²) in [5.41, 5.74) is 4.86. The smallest absolute Gasteiger partial charge is 0.0211 e. The van der Waals surface area contributed by atoms with Crippen molar-refractivity contribution in [3.05, 3.63) is 34.9 Å². The maximum atomic E-state index is 3.66. The Morgan fingerprint density at radius 3 is 3.07 bits per heavy atom. The van der Waals surface area contributed by atoms with E-state index in [0.717, 1.165) is 18.5 Å². The number of rotatable bonds is 1. The van der Waals surface area contributed by atoms with E-state index in [4.69, 9.17) is 0 Å². The summed E-state index contributed by atoms with van der Waals surface area (Å²) in [5.74, 6) is 0.806. The molecule has 0 saturated carbocycles. The van der Waals surface area contributed by atoms with Gasteiger partial charge < -0.3 is 5.32 Å². The van der Waals surface area contributed by atoms with Crippen molar-refractivity contribution in [1.29, 1.82) is 0 Å². The van der Waals surface area contributed by atoms with Crippen LogP contribution >= 0.6 is 0 Å². The molecule has 14 heavy (non-hydrogen) atoms. The second kappa shape index (κ2) is 3.09. The van der Waals surface area contributed by atoms with Crippen LogP contribution in [-0.2, 0) is 13.0 Å². The van der Waals surface area contributed by atoms with Gasteiger partial charge in [0.1, 0.15) is 0 Å². The van der Waals surface area contributed by atoms with Gasteiger partial charge in [0.2, 0.25) is 0 Å². The third-order valence-corrected chi connectivity index (χ3v) is 3.86. The molecule has 1 nitrogen and oxygen atoms in total. The highest BCUT2D eigenvalue weighted by atomic mass is 14.9. The van der Waals surface area contributed by atoms with Crippen LogP contribution in [0.4, 0.5) is 0 Å². The van der Waals surface area contributed by atoms with Gasteiger partial charge >= 0.3 is 0 Å². The van der Waals surface area contributed by atoms with Gasteiger partial charge in [0.05, 0.1) is 0 Å². The molecule has 3 rings (SSSR count). The van der Waals surface area contributed by atoms with Gasteiger partial charge in [0.15, 0.2) is 0 Å². The highest BCUT2D eigenvalue weighted by Crippen LogP contribution is 2.40. The molecule has 1 aliphatic heterocycles. The van der Waals surface area contributed by atoms with Crippen molar-refractivity contribution in [3.63, 3.8) is 0 Å². The van der Waals surface area contributed by atoms with Crippen molar-refractivity contribution < 1.29 is 0 Å². The van der Waals surface area contributed by atoms with Gasteiger partial charge in [-0.25, -0.2) is 0 Å². The molecule has 2 atom stereocenters. The lowest BCUT2D eigenvalue weighted by Crippen LogP contribution is -2.37. The molecule has 1 aliphatic carbocycles. The molecule has 1 aromatic carbocycles. The molecular formula is C13H17N. The maximum Gasteiger partial charge on any atom is 0.0211 e. The molecule has 0 aromatic heterocycles. The highest BCUT2D eigenvalue weighted by Gasteiger charge is 2.33. The van der Waals surface area contributed by atoms with Gasteiger partial charge in [0.25, 0.3) is 0 Å². The molecule has 74 valence electrons. The SMILES string of the molecule is CCC1NCc2cccc3c2C1CC3. The van der Waals surface area contributed by atoms with Crippen LogP contribution in [0.15, 0.2) is 18.2 Å². The Hall–Kier alpha value is -0.820. The van der Waals surface area contributed by atoms with Crippen molar-refractivity contribution in [2.45, 2.75) is 44.7 Å². The Balaban J connectivity index is 2.10. The first-order valence-electron chi connectivity index (χ1n) is 5.74. The monoisotopic (exact) mass is 187 g/mol. The molecule has 1 heteroatoms. The first-order chi connectivity index (χ1) is 6.90. The molecule has 1 N–H and O–H groups in total. The lowest BCUT2D eigenvalue weighted by atomic mass is 9.85. The topological polar surface area (TPSA) is 12.0 Å². The number of nitrogens with one attached hydrogen (secondary N) is 1. The molecule has 0 radical (unpaired) electrons. The molecule has 1 aromatic rings. The molecule has 0 spiro atoms. The Bertz CT molecular complexity index is 356. The fraction of sp³-hybridized carbons (Fsp3) is 0.538. The lowest BCUT2D eigenvalue weighted by molar-refractivity contribution is 0.392. The molecule has 2 aliphatic rings. The van der Waals surface area contributed by atoms with E-state index in [2.05, 4.69) is 30.4 Å². The standard InChI is InChI=1S/C13H17N/c1-2-12-11-7-6-9-4-3-5-10(8-14-12)13(9)11/h3-5,11-12,14H,2,6-8H2,1H3. The van der Waals surface area contributed by atoms with Crippen molar-refractivity contribution >= 4 is 0 Å². The van der Waals surface area contributed by atoms with Crippen LogP contribution in [0, 0.1) is 0 Å². The van der Waals surface area contributed by atoms with Gasteiger partial charge in [-0.15, -0.1) is 0 Å². The zero-order valence-corrected chi connectivity index (χ0v) is 8.72. The van der Waals surface area contributed by atoms with Gasteiger partial charge in [-0.1, -0.05) is 25.1 Å². The van der Waals surface area contributed by atoms with E-state index in [9.17, 15) is 0 Å². The molecular weight excluding hydrogens is 170 g/mol. The highest BCUT2D eigenvalue weighted by molar-refractivity contribution is 5.44. The van der Waals surface area contributed by atoms with E-state index in [1.807, 2.05) is 0 Å². The van der Waals surface area contributed by atoms with Crippen molar-refractivity contribution in [2.24, 2.45) is 0 Å². The number of aryl methyl sites for hydroxylation is 1. The van der Waals surface area contributed by atoms with Gasteiger partial charge in [-0.2, -0.15) is 0 Å². The minimum atomic E-state index is 0.728. The zero-order chi connectivity index (χ0) is 9.54. The van der Waals surface area contributed by atoms with Crippen LogP contribution in [0.5, 0.6) is 0 Å². The summed E-state index contributed by atoms with van der Waals surface area (Å²) in [7, 11) is 0. The van der Waals surface area contributed by atoms with Crippen LogP contribution in [0.2, 0.25) is 0 Å². The van der Waals surface area contributed by atoms with E-state index in [-0.39, 0.29) is 0 Å². The first kappa shape index (κ1) is 8.49. The quantitative estimate of drug-likeness (QED) is 0.712. The summed E-state index contributed by atoms with van der Waals surface area (Å²) in [6, 6.07) is 7.54. The van der Waals surface area contributed by atoms with E-state index in [0.29, 0.717) is 0 Å². The van der Waals surface area contributed by atoms with Crippen LogP contribution in [0.25, 0.3) is 0 Å². The van der Waals surface area contributed by atoms with E-state index in [1.54, 1.807) is 16.7 Å². The van der Waals surface area contributed by atoms with E-state index in [1.165, 1.54) is 19.3 Å². The van der Waals surface area contributed by atoms with Gasteiger partial charge in [-0.3, -0.25) is 0 Å². The third-order valence-electron chi connectivity index (χ3n) is 3.86. The van der Waals surface area contributed by atoms with Crippen LogP contribution < -0.4 is 5.32 Å².